The molecule has 262 valence electrons. The monoisotopic (exact) mass is 721 g/mol. The van der Waals surface area contributed by atoms with E-state index < -0.39 is 0 Å². The van der Waals surface area contributed by atoms with Gasteiger partial charge in [0, 0.05) is 0 Å². The molecule has 1 heteroatoms. The summed E-state index contributed by atoms with van der Waals surface area (Å²) >= 11 is 0. The van der Waals surface area contributed by atoms with Gasteiger partial charge in [0.25, 0.3) is 0 Å². The third kappa shape index (κ3) is 6.30. The second kappa shape index (κ2) is 15.2. The van der Waals surface area contributed by atoms with Gasteiger partial charge >= 0.3 is 0 Å². The van der Waals surface area contributed by atoms with Crippen LogP contribution in [0.25, 0.3) is 98.7 Å². The van der Waals surface area contributed by atoms with Crippen LogP contribution >= 0.6 is 8.53 Å². The summed E-state index contributed by atoms with van der Waals surface area (Å²) in [4.78, 5) is 0. The summed E-state index contributed by atoms with van der Waals surface area (Å²) in [5.41, 5.74) is 12.4. The van der Waals surface area contributed by atoms with Crippen molar-refractivity contribution in [1.29, 1.82) is 1.28 Å². The van der Waals surface area contributed by atoms with E-state index in [-0.39, 0.29) is 8.53 Å². The Morgan fingerprint density at radius 1 is 0.255 bits per heavy atom. The lowest BCUT2D eigenvalue weighted by atomic mass is 9.83. The molecule has 0 saturated heterocycles. The van der Waals surface area contributed by atoms with Crippen LogP contribution in [0.2, 0.25) is 0 Å². The molecule has 0 aromatic heterocycles. The summed E-state index contributed by atoms with van der Waals surface area (Å²) in [5, 5.41) is 10.1. The Bertz CT molecular complexity index is 2770. The van der Waals surface area contributed by atoms with Crippen molar-refractivity contribution in [2.45, 2.75) is 0 Å². The number of rotatable bonds is 5. The predicted molar refractivity (Wildman–Crippen MR) is 244 cm³/mol. The maximum absolute atomic E-state index is 6.65. The van der Waals surface area contributed by atoms with Gasteiger partial charge in [-0.2, -0.15) is 0 Å². The lowest BCUT2D eigenvalue weighted by molar-refractivity contribution is 1.63. The number of benzene rings is 10. The zero-order chi connectivity index (χ0) is 38.0. The van der Waals surface area contributed by atoms with Crippen LogP contribution in [-0.2, 0) is 0 Å². The quantitative estimate of drug-likeness (QED) is 0.123. The Labute approximate surface area is 326 Å². The highest BCUT2D eigenvalue weighted by molar-refractivity contribution is 7.35. The molecule has 0 bridgehead atoms. The lowest BCUT2D eigenvalue weighted by Crippen LogP contribution is -1.93. The molecule has 55 heavy (non-hydrogen) atoms. The molecule has 0 aliphatic heterocycles. The smallest absolute Gasteiger partial charge is 0.0575 e. The van der Waals surface area contributed by atoms with Crippen LogP contribution in [0.15, 0.2) is 206 Å². The first kappa shape index (κ1) is 33.3. The molecule has 0 spiro atoms. The Kier molecular flexibility index (Phi) is 9.19. The molecular formula is C54H41P. The Morgan fingerprint density at radius 2 is 0.473 bits per heavy atom. The van der Waals surface area contributed by atoms with E-state index in [4.69, 9.17) is 1.28 Å². The molecule has 0 unspecified atom stereocenters. The predicted octanol–water partition coefficient (Wildman–Crippen LogP) is 15.6. The van der Waals surface area contributed by atoms with E-state index in [1.54, 1.807) is 0 Å². The highest BCUT2D eigenvalue weighted by Crippen LogP contribution is 2.47. The van der Waals surface area contributed by atoms with Crippen molar-refractivity contribution in [2.75, 3.05) is 13.3 Å². The van der Waals surface area contributed by atoms with Gasteiger partial charge < -0.3 is 0 Å². The number of hydrogen-bond donors (Lipinski definition) is 0. The van der Waals surface area contributed by atoms with Crippen LogP contribution in [0, 0.1) is 0 Å². The maximum Gasteiger partial charge on any atom is 0.0575 e. The summed E-state index contributed by atoms with van der Waals surface area (Å²) in [6.07, 6.45) is 0. The highest BCUT2D eigenvalue weighted by atomic mass is 31.1. The van der Waals surface area contributed by atoms with Crippen LogP contribution in [0.3, 0.4) is 0 Å². The molecular weight excluding hydrogens is 680 g/mol. The van der Waals surface area contributed by atoms with Crippen molar-refractivity contribution in [2.24, 2.45) is 0 Å². The molecule has 0 atom stereocenters. The summed E-state index contributed by atoms with van der Waals surface area (Å²) in [6, 6.07) is 75.5. The van der Waals surface area contributed by atoms with Crippen molar-refractivity contribution in [3.8, 4) is 55.6 Å². The summed E-state index contributed by atoms with van der Waals surface area (Å²) < 4.78 is 6.65. The fraction of sp³-hybridized carbons (Fsp3) is 0.0370. The van der Waals surface area contributed by atoms with E-state index in [0.717, 1.165) is 0 Å². The molecule has 0 fully saturated rings. The lowest BCUT2D eigenvalue weighted by Gasteiger charge is -2.20. The Morgan fingerprint density at radius 3 is 0.745 bits per heavy atom. The SMILES string of the molecule is [2H]P(C)C.c1ccc(-c2c3ccccc3c(-c3ccccc3)c3cc(-c4ccc5c(-c6ccccc6)c6ccccc6c(-c6ccccc6)c5c4)ccc23)cc1. The van der Waals surface area contributed by atoms with E-state index in [1.165, 1.54) is 98.7 Å². The second-order valence-electron chi connectivity index (χ2n) is 14.0. The van der Waals surface area contributed by atoms with Crippen LogP contribution in [0.5, 0.6) is 0 Å². The minimum absolute atomic E-state index is 0.370. The normalized spacial score (nSPS) is 11.5. The van der Waals surface area contributed by atoms with Crippen LogP contribution in [-0.4, -0.2) is 14.6 Å². The van der Waals surface area contributed by atoms with Gasteiger partial charge in [0.2, 0.25) is 0 Å². The minimum atomic E-state index is -0.370. The van der Waals surface area contributed by atoms with Gasteiger partial charge in [-0.15, -0.1) is 8.53 Å². The Hall–Kier alpha value is -6.33. The molecule has 10 aromatic carbocycles. The average molecular weight is 722 g/mol. The number of hydrogen-bond acceptors (Lipinski definition) is 0. The van der Waals surface area contributed by atoms with E-state index in [2.05, 4.69) is 206 Å². The highest BCUT2D eigenvalue weighted by Gasteiger charge is 2.20. The van der Waals surface area contributed by atoms with Gasteiger partial charge in [-0.1, -0.05) is 194 Å². The van der Waals surface area contributed by atoms with E-state index in [0.29, 0.717) is 0 Å². The molecule has 0 N–H and O–H groups in total. The number of fused-ring (bicyclic) bond motifs is 4. The first-order valence-corrected chi connectivity index (χ1v) is 20.7. The van der Waals surface area contributed by atoms with Gasteiger partial charge in [0.05, 0.1) is 1.28 Å². The van der Waals surface area contributed by atoms with Crippen LogP contribution in [0.1, 0.15) is 0 Å². The van der Waals surface area contributed by atoms with E-state index >= 15 is 0 Å². The molecule has 10 aromatic rings. The first-order chi connectivity index (χ1) is 27.6. The summed E-state index contributed by atoms with van der Waals surface area (Å²) in [7, 11) is -0.370. The molecule has 0 saturated carbocycles. The fourth-order valence-electron chi connectivity index (χ4n) is 8.38. The molecule has 0 nitrogen and oxygen atoms in total. The van der Waals surface area contributed by atoms with Crippen molar-refractivity contribution in [1.82, 2.24) is 0 Å². The average Bonchev–Trinajstić information content (AvgIpc) is 3.25. The summed E-state index contributed by atoms with van der Waals surface area (Å²) in [5.74, 6) is 0. The molecule has 0 aliphatic carbocycles. The maximum atomic E-state index is 6.65. The van der Waals surface area contributed by atoms with Crippen molar-refractivity contribution < 1.29 is 0 Å². The fourth-order valence-corrected chi connectivity index (χ4v) is 8.38. The summed E-state index contributed by atoms with van der Waals surface area (Å²) in [6.45, 7) is 3.80. The van der Waals surface area contributed by atoms with Gasteiger partial charge in [0.15, 0.2) is 0 Å². The zero-order valence-corrected chi connectivity index (χ0v) is 32.0. The van der Waals surface area contributed by atoms with Gasteiger partial charge in [-0.3, -0.25) is 0 Å². The van der Waals surface area contributed by atoms with Crippen molar-refractivity contribution in [3.63, 3.8) is 0 Å². The Balaban J connectivity index is 0.000000980. The van der Waals surface area contributed by atoms with Gasteiger partial charge in [-0.25, -0.2) is 0 Å². The van der Waals surface area contributed by atoms with Gasteiger partial charge in [-0.05, 0) is 124 Å². The molecule has 0 heterocycles. The van der Waals surface area contributed by atoms with Crippen molar-refractivity contribution in [3.05, 3.63) is 206 Å². The largest absolute Gasteiger partial charge is 0.129 e. The molecule has 0 amide bonds. The topological polar surface area (TPSA) is 0 Å². The van der Waals surface area contributed by atoms with E-state index in [9.17, 15) is 0 Å². The second-order valence-corrected chi connectivity index (χ2v) is 14.9. The van der Waals surface area contributed by atoms with Crippen LogP contribution < -0.4 is 0 Å². The first-order valence-electron chi connectivity index (χ1n) is 19.4. The third-order valence-electron chi connectivity index (χ3n) is 10.6. The third-order valence-corrected chi connectivity index (χ3v) is 10.6. The standard InChI is InChI=1S/C52H34.C2H7P/c1-5-17-35(18-6-1)49-41-25-13-15-27-43(41)51(37-21-9-3-10-22-37)47-33-39(29-31-45(47)49)40-30-32-46-48(34-40)52(38-23-11-4-12-24-38)44-28-16-14-26-42(44)50(46)36-19-7-2-8-20-36;1-3-2/h1-34H;3H,1-2H3/i;3D. The van der Waals surface area contributed by atoms with Gasteiger partial charge in [0.1, 0.15) is 0 Å². The molecule has 10 rings (SSSR count). The molecule has 0 aliphatic rings. The van der Waals surface area contributed by atoms with E-state index in [1.807, 2.05) is 13.3 Å². The minimum Gasteiger partial charge on any atom is -0.129 e. The van der Waals surface area contributed by atoms with Crippen molar-refractivity contribution >= 4 is 51.6 Å². The molecule has 0 radical (unpaired) electrons. The van der Waals surface area contributed by atoms with Crippen LogP contribution in [0.4, 0.5) is 0 Å². The zero-order valence-electron chi connectivity index (χ0n) is 32.1.